The predicted molar refractivity (Wildman–Crippen MR) is 84.2 cm³/mol. The largest absolute Gasteiger partial charge is 0.467 e. The minimum Gasteiger partial charge on any atom is -0.467 e. The first-order valence-electron chi connectivity index (χ1n) is 8.76. The van der Waals surface area contributed by atoms with Crippen LogP contribution < -0.4 is 10.6 Å². The molecular weight excluding hydrogens is 332 g/mol. The maximum Gasteiger partial charge on any atom is 0.329 e. The fourth-order valence-corrected chi connectivity index (χ4v) is 3.47. The third kappa shape index (κ3) is 8.78. The molecular formula is C12H20N2O6S2. The van der Waals surface area contributed by atoms with Crippen LogP contribution in [0.15, 0.2) is 0 Å². The Bertz CT molecular complexity index is 536. The Labute approximate surface area is 145 Å². The molecule has 0 aliphatic carbocycles. The Morgan fingerprint density at radius 2 is 1.27 bits per heavy atom. The summed E-state index contributed by atoms with van der Waals surface area (Å²) in [4.78, 5) is 46.4. The van der Waals surface area contributed by atoms with E-state index in [9.17, 15) is 19.2 Å². The highest BCUT2D eigenvalue weighted by molar-refractivity contribution is 8.76. The third-order valence-electron chi connectivity index (χ3n) is 2.13. The van der Waals surface area contributed by atoms with Crippen LogP contribution in [0.25, 0.3) is 0 Å². The number of carbonyl (C=O) groups excluding carboxylic acids is 4. The van der Waals surface area contributed by atoms with Gasteiger partial charge in [0.25, 0.3) is 0 Å². The van der Waals surface area contributed by atoms with E-state index in [1.807, 2.05) is 10.6 Å². The van der Waals surface area contributed by atoms with Crippen LogP contribution >= 0.6 is 21.6 Å². The quantitative estimate of drug-likeness (QED) is 0.329. The van der Waals surface area contributed by atoms with Crippen molar-refractivity contribution in [3.63, 3.8) is 0 Å². The molecule has 0 bridgehead atoms. The van der Waals surface area contributed by atoms with Gasteiger partial charge in [0.1, 0.15) is 12.1 Å². The summed E-state index contributed by atoms with van der Waals surface area (Å²) in [5.41, 5.74) is 0. The standard InChI is InChI=1S/C12H20N2O6S2/c1-7(15)13-9(11(17)19-3)5-21-22-6-10(12(18)20-4)14-8(2)16/h9-10H,5-6H2,1-4H3,(H,13,15)(H,14,16)/t9-,10-/m0/s1/i1D3,2D3. The number of amides is 2. The lowest BCUT2D eigenvalue weighted by Crippen LogP contribution is -2.43. The van der Waals surface area contributed by atoms with Crippen LogP contribution in [0.1, 0.15) is 21.9 Å². The first-order valence-corrected chi connectivity index (χ1v) is 8.24. The maximum absolute atomic E-state index is 11.7. The molecule has 0 radical (unpaired) electrons. The van der Waals surface area contributed by atoms with Gasteiger partial charge in [-0.3, -0.25) is 9.59 Å². The molecule has 22 heavy (non-hydrogen) atoms. The average Bonchev–Trinajstić information content (AvgIpc) is 2.59. The molecule has 0 aromatic carbocycles. The van der Waals surface area contributed by atoms with Gasteiger partial charge in [-0.25, -0.2) is 9.59 Å². The highest BCUT2D eigenvalue weighted by Gasteiger charge is 2.23. The Morgan fingerprint density at radius 1 is 0.909 bits per heavy atom. The third-order valence-corrected chi connectivity index (χ3v) is 4.56. The van der Waals surface area contributed by atoms with Crippen molar-refractivity contribution in [1.29, 1.82) is 0 Å². The Hall–Kier alpha value is -1.42. The number of hydrogen-bond acceptors (Lipinski definition) is 8. The van der Waals surface area contributed by atoms with Gasteiger partial charge in [0, 0.05) is 33.4 Å². The summed E-state index contributed by atoms with van der Waals surface area (Å²) in [5.74, 6) is -4.62. The molecule has 0 aliphatic heterocycles. The highest BCUT2D eigenvalue weighted by Crippen LogP contribution is 2.23. The van der Waals surface area contributed by atoms with Gasteiger partial charge >= 0.3 is 11.9 Å². The SMILES string of the molecule is [2H]C([2H])([2H])C(=O)N[C@@H](CSSC[C@H](NC(=O)C([2H])([2H])[2H])C(=O)OC)C(=O)OC. The molecule has 10 heteroatoms. The van der Waals surface area contributed by atoms with Crippen LogP contribution in [-0.4, -0.2) is 61.6 Å². The lowest BCUT2D eigenvalue weighted by atomic mass is 10.3. The first-order chi connectivity index (χ1) is 12.7. The second-order valence-electron chi connectivity index (χ2n) is 3.67. The molecule has 0 rings (SSSR count). The zero-order chi connectivity index (χ0) is 22.1. The van der Waals surface area contributed by atoms with Crippen molar-refractivity contribution in [2.24, 2.45) is 0 Å². The van der Waals surface area contributed by atoms with Crippen LogP contribution in [-0.2, 0) is 28.7 Å². The number of methoxy groups -OCH3 is 2. The lowest BCUT2D eigenvalue weighted by Gasteiger charge is -2.16. The van der Waals surface area contributed by atoms with E-state index in [1.54, 1.807) is 0 Å². The smallest absolute Gasteiger partial charge is 0.329 e. The van der Waals surface area contributed by atoms with Gasteiger partial charge in [0.15, 0.2) is 0 Å². The molecule has 2 amide bonds. The molecule has 0 spiro atoms. The molecule has 0 heterocycles. The normalized spacial score (nSPS) is 17.9. The summed E-state index contributed by atoms with van der Waals surface area (Å²) in [6.45, 7) is -5.89. The first kappa shape index (κ1) is 12.1. The van der Waals surface area contributed by atoms with Gasteiger partial charge in [-0.05, 0) is 0 Å². The minimum atomic E-state index is -2.94. The molecule has 0 saturated heterocycles. The van der Waals surface area contributed by atoms with Crippen LogP contribution in [0.2, 0.25) is 0 Å². The van der Waals surface area contributed by atoms with Crippen molar-refractivity contribution in [2.45, 2.75) is 25.8 Å². The maximum atomic E-state index is 11.7. The molecule has 0 unspecified atom stereocenters. The van der Waals surface area contributed by atoms with E-state index in [1.165, 1.54) is 0 Å². The zero-order valence-corrected chi connectivity index (χ0v) is 13.5. The van der Waals surface area contributed by atoms with Gasteiger partial charge in [0.05, 0.1) is 14.2 Å². The Kier molecular flexibility index (Phi) is 6.13. The van der Waals surface area contributed by atoms with E-state index in [4.69, 9.17) is 8.22 Å². The summed E-state index contributed by atoms with van der Waals surface area (Å²) in [5, 5.41) is 4.07. The molecule has 0 aliphatic rings. The molecule has 0 aromatic rings. The predicted octanol–water partition coefficient (Wildman–Crippen LogP) is -0.277. The van der Waals surface area contributed by atoms with Gasteiger partial charge in [-0.2, -0.15) is 0 Å². The van der Waals surface area contributed by atoms with Crippen molar-refractivity contribution in [3.8, 4) is 0 Å². The molecule has 8 nitrogen and oxygen atoms in total. The number of esters is 2. The van der Waals surface area contributed by atoms with E-state index in [0.717, 1.165) is 35.8 Å². The second-order valence-corrected chi connectivity index (χ2v) is 6.22. The number of ether oxygens (including phenoxy) is 2. The van der Waals surface area contributed by atoms with Crippen LogP contribution in [0.5, 0.6) is 0 Å². The minimum absolute atomic E-state index is 0.111. The Morgan fingerprint density at radius 3 is 1.55 bits per heavy atom. The average molecular weight is 358 g/mol. The fourth-order valence-electron chi connectivity index (χ4n) is 1.17. The number of hydrogen-bond donors (Lipinski definition) is 2. The van der Waals surface area contributed by atoms with Crippen molar-refractivity contribution < 1.29 is 36.9 Å². The summed E-state index contributed by atoms with van der Waals surface area (Å²) < 4.78 is 51.0. The fraction of sp³-hybridized carbons (Fsp3) is 0.667. The van der Waals surface area contributed by atoms with E-state index in [0.29, 0.717) is 0 Å². The van der Waals surface area contributed by atoms with Crippen molar-refractivity contribution >= 4 is 45.3 Å². The molecule has 0 aromatic heterocycles. The number of rotatable bonds is 9. The molecule has 126 valence electrons. The zero-order valence-electron chi connectivity index (χ0n) is 17.8. The topological polar surface area (TPSA) is 111 Å². The van der Waals surface area contributed by atoms with Crippen LogP contribution in [0, 0.1) is 0 Å². The van der Waals surface area contributed by atoms with Crippen molar-refractivity contribution in [2.75, 3.05) is 25.7 Å². The van der Waals surface area contributed by atoms with E-state index in [-0.39, 0.29) is 11.5 Å². The van der Waals surface area contributed by atoms with E-state index >= 15 is 0 Å². The second kappa shape index (κ2) is 11.2. The van der Waals surface area contributed by atoms with Crippen molar-refractivity contribution in [1.82, 2.24) is 10.6 Å². The summed E-state index contributed by atoms with van der Waals surface area (Å²) in [6, 6.07) is -2.52. The van der Waals surface area contributed by atoms with Gasteiger partial charge in [-0.15, -0.1) is 0 Å². The van der Waals surface area contributed by atoms with Crippen LogP contribution in [0.3, 0.4) is 0 Å². The monoisotopic (exact) mass is 358 g/mol. The molecule has 2 atom stereocenters. The van der Waals surface area contributed by atoms with E-state index in [2.05, 4.69) is 9.47 Å². The van der Waals surface area contributed by atoms with Gasteiger partial charge in [-0.1, -0.05) is 21.6 Å². The van der Waals surface area contributed by atoms with E-state index < -0.39 is 49.5 Å². The van der Waals surface area contributed by atoms with Gasteiger partial charge in [0.2, 0.25) is 11.8 Å². The highest BCUT2D eigenvalue weighted by atomic mass is 33.1. The lowest BCUT2D eigenvalue weighted by molar-refractivity contribution is -0.144. The molecule has 0 fully saturated rings. The van der Waals surface area contributed by atoms with Crippen LogP contribution in [0.4, 0.5) is 0 Å². The van der Waals surface area contributed by atoms with Crippen molar-refractivity contribution in [3.05, 3.63) is 0 Å². The Balaban J connectivity index is 4.79. The summed E-state index contributed by atoms with van der Waals surface area (Å²) in [7, 11) is 4.06. The number of nitrogens with one attached hydrogen (secondary N) is 2. The molecule has 0 saturated carbocycles. The number of carbonyl (C=O) groups is 4. The van der Waals surface area contributed by atoms with Gasteiger partial charge < -0.3 is 20.1 Å². The summed E-state index contributed by atoms with van der Waals surface area (Å²) >= 11 is 0. The summed E-state index contributed by atoms with van der Waals surface area (Å²) in [6.07, 6.45) is 0. The molecule has 2 N–H and O–H groups in total.